The highest BCUT2D eigenvalue weighted by Crippen LogP contribution is 2.25. The normalized spacial score (nSPS) is 12.3. The molecule has 1 heterocycles. The molecule has 0 spiro atoms. The van der Waals surface area contributed by atoms with Crippen LogP contribution in [-0.4, -0.2) is 30.6 Å². The van der Waals surface area contributed by atoms with Gasteiger partial charge in [0.2, 0.25) is 0 Å². The predicted octanol–water partition coefficient (Wildman–Crippen LogP) is 4.39. The molecule has 0 fully saturated rings. The molecule has 132 valence electrons. The molecule has 0 aliphatic carbocycles. The molecule has 2 rings (SSSR count). The van der Waals surface area contributed by atoms with Crippen LogP contribution in [0.3, 0.4) is 0 Å². The van der Waals surface area contributed by atoms with Gasteiger partial charge in [0.05, 0.1) is 4.34 Å². The van der Waals surface area contributed by atoms with Gasteiger partial charge in [0.25, 0.3) is 10.2 Å². The number of nitrogens with zero attached hydrogens (tertiary/aromatic N) is 2. The number of thiophene rings is 1. The van der Waals surface area contributed by atoms with Gasteiger partial charge in [-0.05, 0) is 24.3 Å². The summed E-state index contributed by atoms with van der Waals surface area (Å²) < 4.78 is 42.4. The molecule has 0 atom stereocenters. The first-order valence-corrected chi connectivity index (χ1v) is 10.1. The van der Waals surface area contributed by atoms with Crippen molar-refractivity contribution < 1.29 is 12.8 Å². The smallest absolute Gasteiger partial charge is 0.207 e. The predicted molar refractivity (Wildman–Crippen MR) is 97.2 cm³/mol. The molecule has 2 aromatic rings. The summed E-state index contributed by atoms with van der Waals surface area (Å²) in [6.45, 7) is 2.10. The van der Waals surface area contributed by atoms with Crippen molar-refractivity contribution in [2.45, 2.75) is 20.0 Å². The molecule has 0 bridgehead atoms. The fraction of sp³-hybridized carbons (Fsp3) is 0.333. The van der Waals surface area contributed by atoms with Crippen molar-refractivity contribution in [3.63, 3.8) is 0 Å². The van der Waals surface area contributed by atoms with Crippen molar-refractivity contribution in [3.05, 3.63) is 55.9 Å². The van der Waals surface area contributed by atoms with Crippen molar-refractivity contribution in [1.82, 2.24) is 8.61 Å². The molecule has 1 aromatic carbocycles. The number of rotatable bonds is 7. The van der Waals surface area contributed by atoms with Crippen LogP contribution < -0.4 is 0 Å². The van der Waals surface area contributed by atoms with Gasteiger partial charge < -0.3 is 0 Å². The number of halogens is 3. The molecular weight excluding hydrogens is 394 g/mol. The summed E-state index contributed by atoms with van der Waals surface area (Å²) in [6.07, 6.45) is 0. The number of hydrogen-bond acceptors (Lipinski definition) is 3. The third kappa shape index (κ3) is 4.47. The van der Waals surface area contributed by atoms with E-state index < -0.39 is 16.0 Å². The van der Waals surface area contributed by atoms with E-state index >= 15 is 0 Å². The van der Waals surface area contributed by atoms with E-state index in [0.29, 0.717) is 4.34 Å². The minimum Gasteiger partial charge on any atom is -0.207 e. The summed E-state index contributed by atoms with van der Waals surface area (Å²) in [7, 11) is -2.36. The maximum Gasteiger partial charge on any atom is 0.282 e. The van der Waals surface area contributed by atoms with Gasteiger partial charge in [-0.25, -0.2) is 4.39 Å². The summed E-state index contributed by atoms with van der Waals surface area (Å²) in [4.78, 5) is 0.836. The zero-order valence-corrected chi connectivity index (χ0v) is 16.3. The van der Waals surface area contributed by atoms with Gasteiger partial charge in [-0.15, -0.1) is 11.3 Å². The highest BCUT2D eigenvalue weighted by molar-refractivity contribution is 7.86. The van der Waals surface area contributed by atoms with Crippen LogP contribution in [0, 0.1) is 5.82 Å². The van der Waals surface area contributed by atoms with Gasteiger partial charge in [0, 0.05) is 42.1 Å². The molecule has 0 aliphatic rings. The molecule has 0 amide bonds. The average molecular weight is 411 g/mol. The van der Waals surface area contributed by atoms with E-state index in [1.165, 1.54) is 40.9 Å². The minimum atomic E-state index is -3.77. The first kappa shape index (κ1) is 19.6. The molecule has 9 heteroatoms. The lowest BCUT2D eigenvalue weighted by Crippen LogP contribution is -2.41. The van der Waals surface area contributed by atoms with Crippen molar-refractivity contribution in [3.8, 4) is 0 Å². The van der Waals surface area contributed by atoms with Crippen molar-refractivity contribution in [1.29, 1.82) is 0 Å². The van der Waals surface area contributed by atoms with Crippen molar-refractivity contribution in [2.24, 2.45) is 0 Å². The summed E-state index contributed by atoms with van der Waals surface area (Å²) in [5.74, 6) is -0.530. The third-order valence-corrected chi connectivity index (χ3v) is 7.00. The Morgan fingerprint density at radius 3 is 2.42 bits per heavy atom. The van der Waals surface area contributed by atoms with Crippen LogP contribution in [0.2, 0.25) is 9.36 Å². The fourth-order valence-corrected chi connectivity index (χ4v) is 4.87. The molecule has 24 heavy (non-hydrogen) atoms. The van der Waals surface area contributed by atoms with E-state index in [1.807, 2.05) is 0 Å². The number of hydrogen-bond donors (Lipinski definition) is 0. The fourth-order valence-electron chi connectivity index (χ4n) is 2.15. The Hall–Kier alpha value is -0.700. The van der Waals surface area contributed by atoms with E-state index in [0.717, 1.165) is 9.18 Å². The Morgan fingerprint density at radius 1 is 1.17 bits per heavy atom. The van der Waals surface area contributed by atoms with Crippen LogP contribution in [0.1, 0.15) is 17.4 Å². The van der Waals surface area contributed by atoms with E-state index in [2.05, 4.69) is 0 Å². The van der Waals surface area contributed by atoms with Crippen LogP contribution in [0.5, 0.6) is 0 Å². The summed E-state index contributed by atoms with van der Waals surface area (Å²) in [5, 5.41) is 0.199. The Balaban J connectivity index is 2.20. The van der Waals surface area contributed by atoms with Crippen molar-refractivity contribution in [2.75, 3.05) is 13.6 Å². The molecule has 1 aromatic heterocycles. The largest absolute Gasteiger partial charge is 0.282 e. The highest BCUT2D eigenvalue weighted by atomic mass is 35.5. The van der Waals surface area contributed by atoms with Gasteiger partial charge in [0.15, 0.2) is 0 Å². The minimum absolute atomic E-state index is 0.143. The van der Waals surface area contributed by atoms with E-state index in [-0.39, 0.29) is 30.2 Å². The Bertz CT molecular complexity index is 791. The standard InChI is InChI=1S/C15H17Cl2FN2O2S2/c1-3-20(9-11-7-8-15(17)23-11)24(21,22)19(2)10-12-13(16)5-4-6-14(12)18/h4-8H,3,9-10H2,1-2H3. The van der Waals surface area contributed by atoms with Crippen molar-refractivity contribution >= 4 is 44.7 Å². The van der Waals surface area contributed by atoms with E-state index in [1.54, 1.807) is 19.1 Å². The second-order valence-electron chi connectivity index (χ2n) is 5.10. The maximum absolute atomic E-state index is 13.9. The van der Waals surface area contributed by atoms with Crippen LogP contribution in [0.4, 0.5) is 4.39 Å². The SMILES string of the molecule is CCN(Cc1ccc(Cl)s1)S(=O)(=O)N(C)Cc1c(F)cccc1Cl. The molecule has 0 radical (unpaired) electrons. The molecule has 0 saturated heterocycles. The lowest BCUT2D eigenvalue weighted by atomic mass is 10.2. The monoisotopic (exact) mass is 410 g/mol. The zero-order chi connectivity index (χ0) is 17.9. The van der Waals surface area contributed by atoms with Gasteiger partial charge in [-0.1, -0.05) is 36.2 Å². The Labute approximate surface area is 155 Å². The first-order chi connectivity index (χ1) is 11.3. The number of benzene rings is 1. The molecule has 0 N–H and O–H groups in total. The zero-order valence-electron chi connectivity index (χ0n) is 13.2. The van der Waals surface area contributed by atoms with E-state index in [4.69, 9.17) is 23.2 Å². The van der Waals surface area contributed by atoms with Crippen LogP contribution in [0.15, 0.2) is 30.3 Å². The van der Waals surface area contributed by atoms with E-state index in [9.17, 15) is 12.8 Å². The Kier molecular flexibility index (Phi) is 6.64. The van der Waals surface area contributed by atoms with Gasteiger partial charge in [-0.2, -0.15) is 17.0 Å². The van der Waals surface area contributed by atoms with Crippen LogP contribution in [0.25, 0.3) is 0 Å². The molecule has 0 unspecified atom stereocenters. The third-order valence-electron chi connectivity index (χ3n) is 3.48. The molecule has 0 saturated carbocycles. The second kappa shape index (κ2) is 8.12. The molecule has 0 aliphatic heterocycles. The van der Waals surface area contributed by atoms with Gasteiger partial charge in [-0.3, -0.25) is 0 Å². The maximum atomic E-state index is 13.9. The molecular formula is C15H17Cl2FN2O2S2. The molecule has 4 nitrogen and oxygen atoms in total. The second-order valence-corrected chi connectivity index (χ2v) is 9.34. The Morgan fingerprint density at radius 2 is 1.88 bits per heavy atom. The van der Waals surface area contributed by atoms with Crippen LogP contribution >= 0.6 is 34.5 Å². The first-order valence-electron chi connectivity index (χ1n) is 7.14. The van der Waals surface area contributed by atoms with Crippen LogP contribution in [-0.2, 0) is 23.3 Å². The summed E-state index contributed by atoms with van der Waals surface area (Å²) in [6, 6.07) is 7.79. The quantitative estimate of drug-likeness (QED) is 0.678. The van der Waals surface area contributed by atoms with Gasteiger partial charge in [0.1, 0.15) is 5.82 Å². The summed E-state index contributed by atoms with van der Waals surface area (Å²) >= 11 is 13.2. The average Bonchev–Trinajstić information content (AvgIpc) is 2.93. The van der Waals surface area contributed by atoms with Gasteiger partial charge >= 0.3 is 0 Å². The lowest BCUT2D eigenvalue weighted by molar-refractivity contribution is 0.361. The highest BCUT2D eigenvalue weighted by Gasteiger charge is 2.27. The topological polar surface area (TPSA) is 40.6 Å². The lowest BCUT2D eigenvalue weighted by Gasteiger charge is -2.26. The summed E-state index contributed by atoms with van der Waals surface area (Å²) in [5.41, 5.74) is 0.153.